The number of halogens is 4. The second-order valence-electron chi connectivity index (χ2n) is 2.35. The average Bonchev–Trinajstić information content (AvgIpc) is 2.21. The summed E-state index contributed by atoms with van der Waals surface area (Å²) in [6, 6.07) is 1.73. The lowest BCUT2D eigenvalue weighted by Gasteiger charge is -2.05. The fraction of sp³-hybridized carbons (Fsp3) is 0.545. The molecule has 0 N–H and O–H groups in total. The van der Waals surface area contributed by atoms with Crippen LogP contribution in [0.25, 0.3) is 0 Å². The summed E-state index contributed by atoms with van der Waals surface area (Å²) < 4.78 is 48.1. The number of rotatable bonds is 0. The first kappa shape index (κ1) is 17.3. The number of hydrogen-bond acceptors (Lipinski definition) is 1. The minimum absolute atomic E-state index is 0.204. The van der Waals surface area contributed by atoms with Crippen LogP contribution in [0.3, 0.4) is 0 Å². The van der Waals surface area contributed by atoms with Gasteiger partial charge >= 0.3 is 6.18 Å². The number of aromatic nitrogens is 1. The predicted molar refractivity (Wildman–Crippen MR) is 56.6 cm³/mol. The van der Waals surface area contributed by atoms with Gasteiger partial charge in [0.2, 0.25) is 5.95 Å². The molecule has 1 aromatic heterocycles. The van der Waals surface area contributed by atoms with Crippen LogP contribution >= 0.6 is 0 Å². The largest absolute Gasteiger partial charge is 0.433 e. The first-order valence-electron chi connectivity index (χ1n) is 5.11. The molecule has 0 aliphatic carbocycles. The topological polar surface area (TPSA) is 12.9 Å². The van der Waals surface area contributed by atoms with Crippen molar-refractivity contribution < 1.29 is 17.6 Å². The summed E-state index contributed by atoms with van der Waals surface area (Å²) in [5, 5.41) is 0. The molecule has 0 aromatic carbocycles. The van der Waals surface area contributed by atoms with Crippen LogP contribution in [-0.2, 0) is 6.18 Å². The summed E-state index contributed by atoms with van der Waals surface area (Å²) in [5.74, 6) is -1.11. The molecular formula is C11H17F4N. The lowest BCUT2D eigenvalue weighted by molar-refractivity contribution is -0.141. The molecule has 1 aromatic rings. The maximum Gasteiger partial charge on any atom is 0.433 e. The smallest absolute Gasteiger partial charge is 0.215 e. The van der Waals surface area contributed by atoms with E-state index < -0.39 is 17.8 Å². The zero-order chi connectivity index (χ0) is 13.4. The van der Waals surface area contributed by atoms with Crippen molar-refractivity contribution >= 4 is 0 Å². The fourth-order valence-electron chi connectivity index (χ4n) is 0.770. The highest BCUT2D eigenvalue weighted by molar-refractivity contribution is 5.17. The Kier molecular flexibility index (Phi) is 8.71. The third-order valence-electron chi connectivity index (χ3n) is 1.23. The first-order chi connectivity index (χ1) is 7.39. The van der Waals surface area contributed by atoms with Crippen molar-refractivity contribution in [2.45, 2.75) is 40.8 Å². The standard InChI is InChI=1S/C7H5F4N.2C2H6/c1-4-2-5(7(9,10)11)12-6(8)3-4;2*1-2/h2-3H,1H3;2*1-2H3. The fourth-order valence-corrected chi connectivity index (χ4v) is 0.770. The zero-order valence-corrected chi connectivity index (χ0v) is 10.1. The van der Waals surface area contributed by atoms with Gasteiger partial charge in [-0.1, -0.05) is 27.7 Å². The number of hydrogen-bond donors (Lipinski definition) is 0. The van der Waals surface area contributed by atoms with Crippen LogP contribution in [0.2, 0.25) is 0 Å². The molecule has 0 bridgehead atoms. The van der Waals surface area contributed by atoms with E-state index in [-0.39, 0.29) is 5.56 Å². The summed E-state index contributed by atoms with van der Waals surface area (Å²) in [4.78, 5) is 2.71. The molecule has 1 heterocycles. The highest BCUT2D eigenvalue weighted by Crippen LogP contribution is 2.27. The Bertz CT molecular complexity index is 274. The van der Waals surface area contributed by atoms with Gasteiger partial charge in [-0.2, -0.15) is 17.6 Å². The van der Waals surface area contributed by atoms with Crippen LogP contribution in [0.1, 0.15) is 39.0 Å². The first-order valence-corrected chi connectivity index (χ1v) is 5.11. The van der Waals surface area contributed by atoms with Gasteiger partial charge in [0.1, 0.15) is 5.69 Å². The molecular weight excluding hydrogens is 222 g/mol. The summed E-state index contributed by atoms with van der Waals surface area (Å²) in [5.41, 5.74) is -0.991. The van der Waals surface area contributed by atoms with Crippen molar-refractivity contribution in [3.05, 3.63) is 29.3 Å². The summed E-state index contributed by atoms with van der Waals surface area (Å²) in [7, 11) is 0. The van der Waals surface area contributed by atoms with Gasteiger partial charge in [-0.25, -0.2) is 4.98 Å². The molecule has 0 saturated carbocycles. The van der Waals surface area contributed by atoms with E-state index >= 15 is 0 Å². The van der Waals surface area contributed by atoms with Crippen molar-refractivity contribution in [3.63, 3.8) is 0 Å². The van der Waals surface area contributed by atoms with E-state index in [1.165, 1.54) is 6.92 Å². The molecule has 5 heteroatoms. The maximum absolute atomic E-state index is 12.3. The van der Waals surface area contributed by atoms with E-state index in [1.54, 1.807) is 0 Å². The molecule has 0 amide bonds. The third-order valence-corrected chi connectivity index (χ3v) is 1.23. The van der Waals surface area contributed by atoms with Crippen molar-refractivity contribution in [1.82, 2.24) is 4.98 Å². The Balaban J connectivity index is 0. The van der Waals surface area contributed by atoms with Crippen LogP contribution in [0.4, 0.5) is 17.6 Å². The minimum Gasteiger partial charge on any atom is -0.215 e. The van der Waals surface area contributed by atoms with Crippen molar-refractivity contribution in [2.75, 3.05) is 0 Å². The number of aryl methyl sites for hydroxylation is 1. The molecule has 1 rings (SSSR count). The molecule has 1 nitrogen and oxygen atoms in total. The van der Waals surface area contributed by atoms with Gasteiger partial charge in [-0.15, -0.1) is 0 Å². The number of alkyl halides is 3. The molecule has 16 heavy (non-hydrogen) atoms. The lowest BCUT2D eigenvalue weighted by Crippen LogP contribution is -2.09. The molecule has 0 saturated heterocycles. The van der Waals surface area contributed by atoms with E-state index in [0.717, 1.165) is 12.1 Å². The quantitative estimate of drug-likeness (QED) is 0.476. The SMILES string of the molecule is CC.CC.Cc1cc(F)nc(C(F)(F)F)c1. The maximum atomic E-state index is 12.3. The van der Waals surface area contributed by atoms with Crippen LogP contribution in [0.15, 0.2) is 12.1 Å². The Labute approximate surface area is 93.5 Å². The monoisotopic (exact) mass is 239 g/mol. The molecule has 0 fully saturated rings. The zero-order valence-electron chi connectivity index (χ0n) is 10.1. The highest BCUT2D eigenvalue weighted by Gasteiger charge is 2.32. The van der Waals surface area contributed by atoms with Gasteiger partial charge < -0.3 is 0 Å². The van der Waals surface area contributed by atoms with E-state index in [0.29, 0.717) is 0 Å². The van der Waals surface area contributed by atoms with E-state index in [2.05, 4.69) is 4.98 Å². The Morgan fingerprint density at radius 1 is 1.00 bits per heavy atom. The van der Waals surface area contributed by atoms with Crippen molar-refractivity contribution in [2.24, 2.45) is 0 Å². The molecule has 0 spiro atoms. The molecule has 0 unspecified atom stereocenters. The molecule has 0 aliphatic heterocycles. The number of nitrogens with zero attached hydrogens (tertiary/aromatic N) is 1. The van der Waals surface area contributed by atoms with E-state index in [4.69, 9.17) is 0 Å². The Morgan fingerprint density at radius 2 is 1.44 bits per heavy atom. The van der Waals surface area contributed by atoms with Crippen LogP contribution in [-0.4, -0.2) is 4.98 Å². The van der Waals surface area contributed by atoms with Gasteiger partial charge in [-0.05, 0) is 24.6 Å². The minimum atomic E-state index is -4.58. The average molecular weight is 239 g/mol. The van der Waals surface area contributed by atoms with Crippen molar-refractivity contribution in [3.8, 4) is 0 Å². The normalized spacial score (nSPS) is 9.56. The number of pyridine rings is 1. The van der Waals surface area contributed by atoms with Gasteiger partial charge in [0, 0.05) is 0 Å². The molecule has 0 atom stereocenters. The third kappa shape index (κ3) is 6.37. The highest BCUT2D eigenvalue weighted by atomic mass is 19.4. The van der Waals surface area contributed by atoms with Crippen LogP contribution < -0.4 is 0 Å². The second-order valence-corrected chi connectivity index (χ2v) is 2.35. The summed E-state index contributed by atoms with van der Waals surface area (Å²) in [6.45, 7) is 9.38. The van der Waals surface area contributed by atoms with Gasteiger partial charge in [0.25, 0.3) is 0 Å². The molecule has 94 valence electrons. The van der Waals surface area contributed by atoms with Gasteiger partial charge in [0.15, 0.2) is 0 Å². The lowest BCUT2D eigenvalue weighted by atomic mass is 10.2. The van der Waals surface area contributed by atoms with E-state index in [9.17, 15) is 17.6 Å². The summed E-state index contributed by atoms with van der Waals surface area (Å²) in [6.07, 6.45) is -4.58. The second kappa shape index (κ2) is 8.07. The van der Waals surface area contributed by atoms with Crippen LogP contribution in [0, 0.1) is 12.9 Å². The Hall–Kier alpha value is -1.13. The van der Waals surface area contributed by atoms with Gasteiger partial charge in [0.05, 0.1) is 0 Å². The van der Waals surface area contributed by atoms with Crippen LogP contribution in [0.5, 0.6) is 0 Å². The Morgan fingerprint density at radius 3 is 1.75 bits per heavy atom. The van der Waals surface area contributed by atoms with Gasteiger partial charge in [-0.3, -0.25) is 0 Å². The predicted octanol–water partition coefficient (Wildman–Crippen LogP) is 4.60. The van der Waals surface area contributed by atoms with Crippen molar-refractivity contribution in [1.29, 1.82) is 0 Å². The van der Waals surface area contributed by atoms with E-state index in [1.807, 2.05) is 27.7 Å². The summed E-state index contributed by atoms with van der Waals surface area (Å²) >= 11 is 0. The molecule has 0 radical (unpaired) electrons. The molecule has 0 aliphatic rings.